The van der Waals surface area contributed by atoms with E-state index >= 15 is 0 Å². The van der Waals surface area contributed by atoms with Crippen LogP contribution < -0.4 is 5.32 Å². The number of rotatable bonds is 5. The van der Waals surface area contributed by atoms with Gasteiger partial charge in [0.25, 0.3) is 5.91 Å². The third-order valence-electron chi connectivity index (χ3n) is 4.87. The largest absolute Gasteiger partial charge is 0.296 e. The smallest absolute Gasteiger partial charge is 0.261 e. The summed E-state index contributed by atoms with van der Waals surface area (Å²) >= 11 is 1.23. The van der Waals surface area contributed by atoms with Gasteiger partial charge in [-0.15, -0.1) is 10.2 Å². The van der Waals surface area contributed by atoms with E-state index in [4.69, 9.17) is 0 Å². The van der Waals surface area contributed by atoms with Crippen LogP contribution in [0.25, 0.3) is 27.6 Å². The Hall–Kier alpha value is -4.24. The Morgan fingerprint density at radius 1 is 1.03 bits per heavy atom. The minimum absolute atomic E-state index is 0.345. The molecule has 0 aliphatic carbocycles. The van der Waals surface area contributed by atoms with Gasteiger partial charge >= 0.3 is 0 Å². The van der Waals surface area contributed by atoms with E-state index in [1.165, 1.54) is 23.5 Å². The maximum atomic E-state index is 13.4. The summed E-state index contributed by atoms with van der Waals surface area (Å²) in [5, 5.41) is 16.6. The Bertz CT molecular complexity index is 1430. The lowest BCUT2D eigenvalue weighted by Gasteiger charge is -2.03. The van der Waals surface area contributed by atoms with E-state index < -0.39 is 0 Å². The van der Waals surface area contributed by atoms with Crippen LogP contribution in [0.5, 0.6) is 0 Å². The Morgan fingerprint density at radius 3 is 2.64 bits per heavy atom. The Kier molecular flexibility index (Phi) is 5.45. The lowest BCUT2D eigenvalue weighted by molar-refractivity contribution is 0.102. The molecule has 7 nitrogen and oxygen atoms in total. The molecule has 0 atom stereocenters. The summed E-state index contributed by atoms with van der Waals surface area (Å²) < 4.78 is 14.9. The lowest BCUT2D eigenvalue weighted by atomic mass is 10.1. The topological polar surface area (TPSA) is 85.6 Å². The van der Waals surface area contributed by atoms with E-state index in [-0.39, 0.29) is 11.7 Å². The second kappa shape index (κ2) is 8.71. The monoisotopic (exact) mass is 456 g/mol. The summed E-state index contributed by atoms with van der Waals surface area (Å²) in [6.07, 6.45) is 3.30. The molecule has 0 bridgehead atoms. The molecular weight excluding hydrogens is 439 g/mol. The average molecular weight is 457 g/mol. The van der Waals surface area contributed by atoms with E-state index in [9.17, 15) is 9.18 Å². The van der Waals surface area contributed by atoms with E-state index in [0.717, 1.165) is 11.1 Å². The van der Waals surface area contributed by atoms with Gasteiger partial charge < -0.3 is 0 Å². The van der Waals surface area contributed by atoms with Crippen molar-refractivity contribution in [3.63, 3.8) is 0 Å². The van der Waals surface area contributed by atoms with E-state index in [2.05, 4.69) is 25.6 Å². The van der Waals surface area contributed by atoms with E-state index in [0.29, 0.717) is 32.8 Å². The van der Waals surface area contributed by atoms with Gasteiger partial charge in [-0.25, -0.2) is 9.07 Å². The molecule has 0 fully saturated rings. The highest BCUT2D eigenvalue weighted by molar-refractivity contribution is 7.18. The number of amides is 1. The fraction of sp³-hybridized carbons (Fsp3) is 0.0417. The van der Waals surface area contributed by atoms with Gasteiger partial charge in [-0.3, -0.25) is 15.1 Å². The maximum absolute atomic E-state index is 13.4. The first-order valence-electron chi connectivity index (χ1n) is 10.1. The predicted molar refractivity (Wildman–Crippen MR) is 125 cm³/mol. The SMILES string of the molecule is Cc1cccc(-c2nn(-c3ccc(F)cc3)cc2C(=O)Nc2nnc(-c3ccccn3)s2)c1. The third-order valence-corrected chi connectivity index (χ3v) is 5.73. The van der Waals surface area contributed by atoms with Crippen molar-refractivity contribution in [1.29, 1.82) is 0 Å². The Labute approximate surface area is 192 Å². The molecule has 162 valence electrons. The summed E-state index contributed by atoms with van der Waals surface area (Å²) in [6.45, 7) is 1.97. The molecule has 0 aliphatic heterocycles. The fourth-order valence-corrected chi connectivity index (χ4v) is 4.02. The minimum Gasteiger partial charge on any atom is -0.296 e. The fourth-order valence-electron chi connectivity index (χ4n) is 3.30. The van der Waals surface area contributed by atoms with Crippen LogP contribution >= 0.6 is 11.3 Å². The number of halogens is 1. The van der Waals surface area contributed by atoms with Crippen molar-refractivity contribution in [3.8, 4) is 27.6 Å². The van der Waals surface area contributed by atoms with Gasteiger partial charge in [0.15, 0.2) is 5.01 Å². The molecule has 3 aromatic heterocycles. The molecule has 33 heavy (non-hydrogen) atoms. The number of anilines is 1. The molecule has 0 saturated heterocycles. The molecule has 0 radical (unpaired) electrons. The van der Waals surface area contributed by atoms with Crippen LogP contribution in [0.15, 0.2) is 79.1 Å². The zero-order valence-corrected chi connectivity index (χ0v) is 18.3. The van der Waals surface area contributed by atoms with Crippen molar-refractivity contribution < 1.29 is 9.18 Å². The summed E-state index contributed by atoms with van der Waals surface area (Å²) in [4.78, 5) is 17.5. The summed E-state index contributed by atoms with van der Waals surface area (Å²) in [7, 11) is 0. The molecule has 9 heteroatoms. The van der Waals surface area contributed by atoms with Gasteiger partial charge in [0.2, 0.25) is 5.13 Å². The Balaban J connectivity index is 1.50. The van der Waals surface area contributed by atoms with Gasteiger partial charge in [0.1, 0.15) is 17.2 Å². The van der Waals surface area contributed by atoms with Crippen molar-refractivity contribution in [2.45, 2.75) is 6.92 Å². The summed E-state index contributed by atoms with van der Waals surface area (Å²) in [5.41, 5.74) is 4.03. The second-order valence-electron chi connectivity index (χ2n) is 7.26. The quantitative estimate of drug-likeness (QED) is 0.395. The van der Waals surface area contributed by atoms with Crippen LogP contribution in [0.1, 0.15) is 15.9 Å². The number of aryl methyl sites for hydroxylation is 1. The summed E-state index contributed by atoms with van der Waals surface area (Å²) in [6, 6.07) is 19.2. The first kappa shape index (κ1) is 20.7. The number of hydrogen-bond acceptors (Lipinski definition) is 6. The third kappa shape index (κ3) is 4.39. The molecule has 5 aromatic rings. The van der Waals surface area contributed by atoms with Crippen LogP contribution in [0, 0.1) is 12.7 Å². The number of carbonyl (C=O) groups excluding carboxylic acids is 1. The molecule has 1 N–H and O–H groups in total. The lowest BCUT2D eigenvalue weighted by Crippen LogP contribution is -2.12. The number of nitrogens with one attached hydrogen (secondary N) is 1. The average Bonchev–Trinajstić information content (AvgIpc) is 3.48. The van der Waals surface area contributed by atoms with Gasteiger partial charge in [0.05, 0.1) is 11.3 Å². The zero-order chi connectivity index (χ0) is 22.8. The molecule has 0 aliphatic rings. The Morgan fingerprint density at radius 2 is 1.88 bits per heavy atom. The van der Waals surface area contributed by atoms with E-state index in [1.54, 1.807) is 29.2 Å². The van der Waals surface area contributed by atoms with Crippen LogP contribution in [0.2, 0.25) is 0 Å². The highest BCUT2D eigenvalue weighted by Gasteiger charge is 2.20. The molecule has 1 amide bonds. The van der Waals surface area contributed by atoms with Gasteiger partial charge in [-0.05, 0) is 49.4 Å². The predicted octanol–water partition coefficient (Wildman–Crippen LogP) is 5.15. The molecule has 5 rings (SSSR count). The van der Waals surface area contributed by atoms with E-state index in [1.807, 2.05) is 49.4 Å². The molecule has 0 spiro atoms. The van der Waals surface area contributed by atoms with Crippen LogP contribution in [-0.2, 0) is 0 Å². The molecule has 2 aromatic carbocycles. The van der Waals surface area contributed by atoms with Crippen LogP contribution in [0.3, 0.4) is 0 Å². The van der Waals surface area contributed by atoms with Gasteiger partial charge in [-0.2, -0.15) is 5.10 Å². The molecule has 0 unspecified atom stereocenters. The first-order valence-corrected chi connectivity index (χ1v) is 10.9. The van der Waals surface area contributed by atoms with Crippen molar-refractivity contribution in [2.24, 2.45) is 0 Å². The van der Waals surface area contributed by atoms with Crippen LogP contribution in [-0.4, -0.2) is 30.9 Å². The maximum Gasteiger partial charge on any atom is 0.261 e. The highest BCUT2D eigenvalue weighted by atomic mass is 32.1. The van der Waals surface area contributed by atoms with Crippen molar-refractivity contribution in [2.75, 3.05) is 5.32 Å². The molecule has 0 saturated carbocycles. The zero-order valence-electron chi connectivity index (χ0n) is 17.4. The van der Waals surface area contributed by atoms with Crippen LogP contribution in [0.4, 0.5) is 9.52 Å². The first-order chi connectivity index (χ1) is 16.1. The van der Waals surface area contributed by atoms with Gasteiger partial charge in [-0.1, -0.05) is 41.2 Å². The molecule has 3 heterocycles. The number of pyridine rings is 1. The number of hydrogen-bond donors (Lipinski definition) is 1. The standard InChI is InChI=1S/C24H17FN6OS/c1-15-5-4-6-16(13-15)21-19(14-31(30-21)18-10-8-17(25)9-11-18)22(32)27-24-29-28-23(33-24)20-7-2-3-12-26-20/h2-14H,1H3,(H,27,29,32). The van der Waals surface area contributed by atoms with Crippen molar-refractivity contribution in [3.05, 3.63) is 96.1 Å². The summed E-state index contributed by atoms with van der Waals surface area (Å²) in [5.74, 6) is -0.716. The van der Waals surface area contributed by atoms with Gasteiger partial charge in [0, 0.05) is 18.0 Å². The minimum atomic E-state index is -0.372. The molecular formula is C24H17FN6OS. The number of carbonyl (C=O) groups is 1. The van der Waals surface area contributed by atoms with Crippen molar-refractivity contribution in [1.82, 2.24) is 25.0 Å². The number of benzene rings is 2. The number of nitrogens with zero attached hydrogens (tertiary/aromatic N) is 5. The second-order valence-corrected chi connectivity index (χ2v) is 8.24. The number of aromatic nitrogens is 5. The van der Waals surface area contributed by atoms with Crippen molar-refractivity contribution >= 4 is 22.4 Å². The normalized spacial score (nSPS) is 10.8. The highest BCUT2D eigenvalue weighted by Crippen LogP contribution is 2.28.